The molecule has 17 heavy (non-hydrogen) atoms. The molecule has 0 aliphatic carbocycles. The molecule has 2 rings (SSSR count). The van der Waals surface area contributed by atoms with Crippen molar-refractivity contribution in [2.75, 3.05) is 19.8 Å². The van der Waals surface area contributed by atoms with Crippen molar-refractivity contribution in [2.45, 2.75) is 26.4 Å². The van der Waals surface area contributed by atoms with Gasteiger partial charge in [-0.05, 0) is 31.7 Å². The fourth-order valence-corrected chi connectivity index (χ4v) is 2.14. The van der Waals surface area contributed by atoms with E-state index in [0.29, 0.717) is 23.5 Å². The standard InChI is InChI=1S/C12H17ClN2O2/c1-9-6-11(13)15-12(14-9)8-17-7-10-2-4-16-5-3-10/h6,10H,2-5,7-8H2,1H3. The molecule has 0 saturated carbocycles. The number of rotatable bonds is 4. The summed E-state index contributed by atoms with van der Waals surface area (Å²) in [5.41, 5.74) is 0.870. The van der Waals surface area contributed by atoms with E-state index in [1.165, 1.54) is 0 Å². The number of aromatic nitrogens is 2. The zero-order valence-electron chi connectivity index (χ0n) is 9.99. The molecule has 4 nitrogen and oxygen atoms in total. The van der Waals surface area contributed by atoms with Gasteiger partial charge in [0.1, 0.15) is 11.8 Å². The third-order valence-electron chi connectivity index (χ3n) is 2.79. The maximum absolute atomic E-state index is 5.85. The molecule has 1 aliphatic rings. The first-order valence-corrected chi connectivity index (χ1v) is 6.27. The molecular weight excluding hydrogens is 240 g/mol. The first-order chi connectivity index (χ1) is 8.24. The lowest BCUT2D eigenvalue weighted by molar-refractivity contribution is 0.0142. The summed E-state index contributed by atoms with van der Waals surface area (Å²) in [5, 5.41) is 0.474. The van der Waals surface area contributed by atoms with Gasteiger partial charge in [0, 0.05) is 18.9 Å². The lowest BCUT2D eigenvalue weighted by Gasteiger charge is -2.21. The van der Waals surface area contributed by atoms with Crippen LogP contribution in [0.5, 0.6) is 0 Å². The summed E-state index contributed by atoms with van der Waals surface area (Å²) in [7, 11) is 0. The van der Waals surface area contributed by atoms with Gasteiger partial charge in [-0.25, -0.2) is 9.97 Å². The second kappa shape index (κ2) is 6.28. The maximum Gasteiger partial charge on any atom is 0.155 e. The Hall–Kier alpha value is -0.710. The predicted molar refractivity (Wildman–Crippen MR) is 65.0 cm³/mol. The van der Waals surface area contributed by atoms with Crippen LogP contribution in [0.2, 0.25) is 5.15 Å². The van der Waals surface area contributed by atoms with Crippen LogP contribution in [0.15, 0.2) is 6.07 Å². The molecule has 5 heteroatoms. The van der Waals surface area contributed by atoms with Crippen molar-refractivity contribution in [1.82, 2.24) is 9.97 Å². The highest BCUT2D eigenvalue weighted by Crippen LogP contribution is 2.15. The largest absolute Gasteiger partial charge is 0.381 e. The predicted octanol–water partition coefficient (Wildman–Crippen LogP) is 2.38. The molecule has 1 aromatic rings. The molecule has 0 bridgehead atoms. The van der Waals surface area contributed by atoms with Gasteiger partial charge in [-0.2, -0.15) is 0 Å². The van der Waals surface area contributed by atoms with Crippen LogP contribution in [0.3, 0.4) is 0 Å². The van der Waals surface area contributed by atoms with Crippen LogP contribution in [-0.2, 0) is 16.1 Å². The van der Waals surface area contributed by atoms with Crippen LogP contribution in [-0.4, -0.2) is 29.8 Å². The van der Waals surface area contributed by atoms with Crippen molar-refractivity contribution < 1.29 is 9.47 Å². The van der Waals surface area contributed by atoms with Gasteiger partial charge in [-0.3, -0.25) is 0 Å². The summed E-state index contributed by atoms with van der Waals surface area (Å²) in [6, 6.07) is 1.74. The Morgan fingerprint density at radius 3 is 2.88 bits per heavy atom. The zero-order valence-corrected chi connectivity index (χ0v) is 10.7. The molecule has 0 amide bonds. The lowest BCUT2D eigenvalue weighted by atomic mass is 10.0. The molecule has 94 valence electrons. The van der Waals surface area contributed by atoms with Crippen LogP contribution >= 0.6 is 11.6 Å². The minimum atomic E-state index is 0.429. The summed E-state index contributed by atoms with van der Waals surface area (Å²) < 4.78 is 10.9. The normalized spacial score (nSPS) is 17.3. The Kier molecular flexibility index (Phi) is 4.71. The van der Waals surface area contributed by atoms with Crippen LogP contribution in [0.4, 0.5) is 0 Å². The molecule has 1 fully saturated rings. The lowest BCUT2D eigenvalue weighted by Crippen LogP contribution is -2.20. The quantitative estimate of drug-likeness (QED) is 0.776. The van der Waals surface area contributed by atoms with Gasteiger partial charge in [0.05, 0.1) is 6.61 Å². The van der Waals surface area contributed by atoms with E-state index in [4.69, 9.17) is 21.1 Å². The number of hydrogen-bond donors (Lipinski definition) is 0. The van der Waals surface area contributed by atoms with E-state index in [1.54, 1.807) is 6.07 Å². The molecule has 1 aromatic heterocycles. The third kappa shape index (κ3) is 4.22. The second-order valence-corrected chi connectivity index (χ2v) is 4.71. The van der Waals surface area contributed by atoms with Gasteiger partial charge in [0.2, 0.25) is 0 Å². The van der Waals surface area contributed by atoms with Gasteiger partial charge >= 0.3 is 0 Å². The molecule has 1 aliphatic heterocycles. The molecule has 0 radical (unpaired) electrons. The Bertz CT molecular complexity index is 347. The van der Waals surface area contributed by atoms with Gasteiger partial charge in [-0.1, -0.05) is 11.6 Å². The molecule has 0 atom stereocenters. The highest BCUT2D eigenvalue weighted by molar-refractivity contribution is 6.29. The summed E-state index contributed by atoms with van der Waals surface area (Å²) in [5.74, 6) is 1.26. The summed E-state index contributed by atoms with van der Waals surface area (Å²) >= 11 is 5.85. The van der Waals surface area contributed by atoms with Crippen LogP contribution < -0.4 is 0 Å². The summed E-state index contributed by atoms with van der Waals surface area (Å²) in [6.07, 6.45) is 2.16. The number of hydrogen-bond acceptors (Lipinski definition) is 4. The first-order valence-electron chi connectivity index (χ1n) is 5.89. The fraction of sp³-hybridized carbons (Fsp3) is 0.667. The van der Waals surface area contributed by atoms with Gasteiger partial charge in [0.15, 0.2) is 5.82 Å². The van der Waals surface area contributed by atoms with Crippen molar-refractivity contribution in [2.24, 2.45) is 5.92 Å². The molecular formula is C12H17ClN2O2. The highest BCUT2D eigenvalue weighted by atomic mass is 35.5. The average Bonchev–Trinajstić information content (AvgIpc) is 2.29. The Morgan fingerprint density at radius 2 is 2.18 bits per heavy atom. The van der Waals surface area contributed by atoms with Crippen molar-refractivity contribution in [3.05, 3.63) is 22.7 Å². The van der Waals surface area contributed by atoms with Crippen molar-refractivity contribution >= 4 is 11.6 Å². The minimum absolute atomic E-state index is 0.429. The average molecular weight is 257 g/mol. The van der Waals surface area contributed by atoms with Crippen LogP contribution in [0, 0.1) is 12.8 Å². The van der Waals surface area contributed by atoms with E-state index in [-0.39, 0.29) is 0 Å². The summed E-state index contributed by atoms with van der Waals surface area (Å²) in [6.45, 7) is 4.77. The number of nitrogens with zero attached hydrogens (tertiary/aromatic N) is 2. The van der Waals surface area contributed by atoms with E-state index in [9.17, 15) is 0 Å². The molecule has 0 unspecified atom stereocenters. The fourth-order valence-electron chi connectivity index (χ4n) is 1.88. The van der Waals surface area contributed by atoms with Crippen molar-refractivity contribution in [3.8, 4) is 0 Å². The van der Waals surface area contributed by atoms with E-state index in [0.717, 1.165) is 38.4 Å². The van der Waals surface area contributed by atoms with Crippen molar-refractivity contribution in [1.29, 1.82) is 0 Å². The minimum Gasteiger partial charge on any atom is -0.381 e. The van der Waals surface area contributed by atoms with E-state index >= 15 is 0 Å². The number of aryl methyl sites for hydroxylation is 1. The van der Waals surface area contributed by atoms with Crippen LogP contribution in [0.1, 0.15) is 24.4 Å². The smallest absolute Gasteiger partial charge is 0.155 e. The molecule has 0 N–H and O–H groups in total. The Balaban J connectivity index is 1.77. The molecule has 0 aromatic carbocycles. The van der Waals surface area contributed by atoms with Crippen molar-refractivity contribution in [3.63, 3.8) is 0 Å². The number of halogens is 1. The van der Waals surface area contributed by atoms with Gasteiger partial charge in [0.25, 0.3) is 0 Å². The Labute approximate surface area is 106 Å². The van der Waals surface area contributed by atoms with E-state index in [2.05, 4.69) is 9.97 Å². The maximum atomic E-state index is 5.85. The first kappa shape index (κ1) is 12.7. The zero-order chi connectivity index (χ0) is 12.1. The van der Waals surface area contributed by atoms with Crippen LogP contribution in [0.25, 0.3) is 0 Å². The SMILES string of the molecule is Cc1cc(Cl)nc(COCC2CCOCC2)n1. The molecule has 2 heterocycles. The molecule has 0 spiro atoms. The van der Waals surface area contributed by atoms with Gasteiger partial charge < -0.3 is 9.47 Å². The topological polar surface area (TPSA) is 44.2 Å². The summed E-state index contributed by atoms with van der Waals surface area (Å²) in [4.78, 5) is 8.39. The number of ether oxygens (including phenoxy) is 2. The van der Waals surface area contributed by atoms with Gasteiger partial charge in [-0.15, -0.1) is 0 Å². The van der Waals surface area contributed by atoms with E-state index < -0.39 is 0 Å². The monoisotopic (exact) mass is 256 g/mol. The Morgan fingerprint density at radius 1 is 1.41 bits per heavy atom. The highest BCUT2D eigenvalue weighted by Gasteiger charge is 2.14. The molecule has 1 saturated heterocycles. The van der Waals surface area contributed by atoms with E-state index in [1.807, 2.05) is 6.92 Å². The second-order valence-electron chi connectivity index (χ2n) is 4.32. The third-order valence-corrected chi connectivity index (χ3v) is 2.99.